The Kier molecular flexibility index (Phi) is 6.02. The standard InChI is InChI=1S/C17H28N2O/c1-14-6-4-5-7-16(14)17(18-2)10-11-19(12-13-20-3)15-8-9-15/h4-7,15,17-18H,8-13H2,1-3H3. The quantitative estimate of drug-likeness (QED) is 0.750. The van der Waals surface area contributed by atoms with Crippen LogP contribution in [0.2, 0.25) is 0 Å². The molecule has 0 bridgehead atoms. The first kappa shape index (κ1) is 15.5. The molecule has 1 aromatic carbocycles. The molecule has 0 heterocycles. The first-order valence-electron chi connectivity index (χ1n) is 7.72. The molecule has 0 aromatic heterocycles. The summed E-state index contributed by atoms with van der Waals surface area (Å²) in [5.41, 5.74) is 2.80. The molecule has 0 amide bonds. The van der Waals surface area contributed by atoms with E-state index in [0.717, 1.165) is 32.2 Å². The Balaban J connectivity index is 1.90. The van der Waals surface area contributed by atoms with Gasteiger partial charge in [-0.05, 0) is 44.4 Å². The van der Waals surface area contributed by atoms with Crippen molar-refractivity contribution >= 4 is 0 Å². The third-order valence-corrected chi connectivity index (χ3v) is 4.26. The minimum atomic E-state index is 0.444. The lowest BCUT2D eigenvalue weighted by Crippen LogP contribution is -2.33. The van der Waals surface area contributed by atoms with E-state index in [2.05, 4.69) is 48.5 Å². The maximum Gasteiger partial charge on any atom is 0.0589 e. The molecule has 0 spiro atoms. The summed E-state index contributed by atoms with van der Waals surface area (Å²) in [6.45, 7) is 5.24. The van der Waals surface area contributed by atoms with E-state index in [1.54, 1.807) is 7.11 Å². The maximum absolute atomic E-state index is 5.23. The van der Waals surface area contributed by atoms with E-state index < -0.39 is 0 Å². The van der Waals surface area contributed by atoms with Crippen molar-refractivity contribution < 1.29 is 4.74 Å². The number of nitrogens with one attached hydrogen (secondary N) is 1. The van der Waals surface area contributed by atoms with Crippen molar-refractivity contribution in [2.24, 2.45) is 0 Å². The first-order chi connectivity index (χ1) is 9.76. The molecule has 1 saturated carbocycles. The number of aryl methyl sites for hydroxylation is 1. The summed E-state index contributed by atoms with van der Waals surface area (Å²) in [7, 11) is 3.85. The normalized spacial score (nSPS) is 16.6. The summed E-state index contributed by atoms with van der Waals surface area (Å²) in [4.78, 5) is 2.59. The second-order valence-corrected chi connectivity index (χ2v) is 5.75. The molecule has 1 aliphatic rings. The molecule has 0 aliphatic heterocycles. The number of ether oxygens (including phenoxy) is 1. The second-order valence-electron chi connectivity index (χ2n) is 5.75. The summed E-state index contributed by atoms with van der Waals surface area (Å²) < 4.78 is 5.23. The number of nitrogens with zero attached hydrogens (tertiary/aromatic N) is 1. The number of hydrogen-bond donors (Lipinski definition) is 1. The zero-order valence-corrected chi connectivity index (χ0v) is 13.1. The van der Waals surface area contributed by atoms with E-state index in [1.807, 2.05) is 0 Å². The van der Waals surface area contributed by atoms with Crippen molar-refractivity contribution in [1.82, 2.24) is 10.2 Å². The van der Waals surface area contributed by atoms with Crippen LogP contribution >= 0.6 is 0 Å². The fourth-order valence-electron chi connectivity index (χ4n) is 2.85. The van der Waals surface area contributed by atoms with Gasteiger partial charge in [-0.15, -0.1) is 0 Å². The Morgan fingerprint density at radius 1 is 1.30 bits per heavy atom. The van der Waals surface area contributed by atoms with E-state index in [0.29, 0.717) is 6.04 Å². The largest absolute Gasteiger partial charge is 0.383 e. The summed E-state index contributed by atoms with van der Waals surface area (Å²) in [5, 5.41) is 3.47. The lowest BCUT2D eigenvalue weighted by Gasteiger charge is -2.25. The van der Waals surface area contributed by atoms with Gasteiger partial charge >= 0.3 is 0 Å². The van der Waals surface area contributed by atoms with Crippen molar-refractivity contribution in [3.05, 3.63) is 35.4 Å². The summed E-state index contributed by atoms with van der Waals surface area (Å²) >= 11 is 0. The van der Waals surface area contributed by atoms with E-state index in [1.165, 1.54) is 24.0 Å². The van der Waals surface area contributed by atoms with Crippen molar-refractivity contribution in [2.45, 2.75) is 38.3 Å². The van der Waals surface area contributed by atoms with Crippen LogP contribution in [0.5, 0.6) is 0 Å². The van der Waals surface area contributed by atoms with Gasteiger partial charge in [-0.25, -0.2) is 0 Å². The predicted octanol–water partition coefficient (Wildman–Crippen LogP) is 2.76. The highest BCUT2D eigenvalue weighted by Gasteiger charge is 2.28. The van der Waals surface area contributed by atoms with Gasteiger partial charge < -0.3 is 10.1 Å². The van der Waals surface area contributed by atoms with Gasteiger partial charge in [-0.1, -0.05) is 24.3 Å². The lowest BCUT2D eigenvalue weighted by molar-refractivity contribution is 0.140. The topological polar surface area (TPSA) is 24.5 Å². The number of methoxy groups -OCH3 is 1. The molecule has 1 aromatic rings. The molecule has 2 rings (SSSR count). The fraction of sp³-hybridized carbons (Fsp3) is 0.647. The highest BCUT2D eigenvalue weighted by molar-refractivity contribution is 5.28. The van der Waals surface area contributed by atoms with Crippen molar-refractivity contribution in [3.8, 4) is 0 Å². The Morgan fingerprint density at radius 3 is 2.65 bits per heavy atom. The van der Waals surface area contributed by atoms with E-state index in [9.17, 15) is 0 Å². The van der Waals surface area contributed by atoms with Crippen LogP contribution in [0.3, 0.4) is 0 Å². The molecule has 1 unspecified atom stereocenters. The van der Waals surface area contributed by atoms with E-state index in [-0.39, 0.29) is 0 Å². The molecule has 3 heteroatoms. The molecule has 3 nitrogen and oxygen atoms in total. The predicted molar refractivity (Wildman–Crippen MR) is 84.1 cm³/mol. The highest BCUT2D eigenvalue weighted by atomic mass is 16.5. The van der Waals surface area contributed by atoms with Gasteiger partial charge in [0.2, 0.25) is 0 Å². The van der Waals surface area contributed by atoms with Gasteiger partial charge in [0, 0.05) is 32.3 Å². The number of hydrogen-bond acceptors (Lipinski definition) is 3. The van der Waals surface area contributed by atoms with Crippen molar-refractivity contribution in [1.29, 1.82) is 0 Å². The number of rotatable bonds is 9. The average Bonchev–Trinajstić information content (AvgIpc) is 3.29. The van der Waals surface area contributed by atoms with Gasteiger partial charge in [0.05, 0.1) is 6.61 Å². The Hall–Kier alpha value is -0.900. The van der Waals surface area contributed by atoms with Crippen LogP contribution in [0.25, 0.3) is 0 Å². The first-order valence-corrected chi connectivity index (χ1v) is 7.72. The molecule has 1 fully saturated rings. The molecule has 20 heavy (non-hydrogen) atoms. The third kappa shape index (κ3) is 4.30. The van der Waals surface area contributed by atoms with Crippen LogP contribution in [0.4, 0.5) is 0 Å². The summed E-state index contributed by atoms with van der Waals surface area (Å²) in [6.07, 6.45) is 3.87. The van der Waals surface area contributed by atoms with Gasteiger partial charge in [0.1, 0.15) is 0 Å². The fourth-order valence-corrected chi connectivity index (χ4v) is 2.85. The third-order valence-electron chi connectivity index (χ3n) is 4.26. The number of benzene rings is 1. The van der Waals surface area contributed by atoms with Crippen LogP contribution < -0.4 is 5.32 Å². The van der Waals surface area contributed by atoms with Crippen molar-refractivity contribution in [2.75, 3.05) is 33.9 Å². The van der Waals surface area contributed by atoms with Crippen LogP contribution in [0.1, 0.15) is 36.4 Å². The van der Waals surface area contributed by atoms with Crippen LogP contribution in [0.15, 0.2) is 24.3 Å². The maximum atomic E-state index is 5.23. The van der Waals surface area contributed by atoms with E-state index >= 15 is 0 Å². The minimum absolute atomic E-state index is 0.444. The molecule has 1 aliphatic carbocycles. The Morgan fingerprint density at radius 2 is 2.05 bits per heavy atom. The SMILES string of the molecule is CNC(CCN(CCOC)C1CC1)c1ccccc1C. The zero-order chi connectivity index (χ0) is 14.4. The summed E-state index contributed by atoms with van der Waals surface area (Å²) in [5.74, 6) is 0. The highest BCUT2D eigenvalue weighted by Crippen LogP contribution is 2.28. The molecule has 1 N–H and O–H groups in total. The second kappa shape index (κ2) is 7.77. The molecule has 0 radical (unpaired) electrons. The molecule has 112 valence electrons. The van der Waals surface area contributed by atoms with Crippen LogP contribution in [0, 0.1) is 6.92 Å². The zero-order valence-electron chi connectivity index (χ0n) is 13.1. The van der Waals surface area contributed by atoms with Crippen LogP contribution in [-0.4, -0.2) is 44.8 Å². The monoisotopic (exact) mass is 276 g/mol. The van der Waals surface area contributed by atoms with Gasteiger partial charge in [-0.2, -0.15) is 0 Å². The molecular formula is C17H28N2O. The van der Waals surface area contributed by atoms with Crippen LogP contribution in [-0.2, 0) is 4.74 Å². The van der Waals surface area contributed by atoms with Crippen molar-refractivity contribution in [3.63, 3.8) is 0 Å². The smallest absolute Gasteiger partial charge is 0.0589 e. The van der Waals surface area contributed by atoms with E-state index in [4.69, 9.17) is 4.74 Å². The molecule has 0 saturated heterocycles. The molecular weight excluding hydrogens is 248 g/mol. The lowest BCUT2D eigenvalue weighted by atomic mass is 9.99. The van der Waals surface area contributed by atoms with Gasteiger partial charge in [-0.3, -0.25) is 4.90 Å². The summed E-state index contributed by atoms with van der Waals surface area (Å²) in [6, 6.07) is 9.94. The Labute approximate surface area is 123 Å². The molecule has 1 atom stereocenters. The Bertz CT molecular complexity index is 404. The minimum Gasteiger partial charge on any atom is -0.383 e. The van der Waals surface area contributed by atoms with Gasteiger partial charge in [0.15, 0.2) is 0 Å². The van der Waals surface area contributed by atoms with Gasteiger partial charge in [0.25, 0.3) is 0 Å². The average molecular weight is 276 g/mol.